The van der Waals surface area contributed by atoms with Crippen LogP contribution in [0.25, 0.3) is 0 Å². The first kappa shape index (κ1) is 43.2. The van der Waals surface area contributed by atoms with E-state index in [-0.39, 0.29) is 32.1 Å². The fraction of sp³-hybridized carbons (Fsp3) is 0.694. The van der Waals surface area contributed by atoms with E-state index in [0.717, 1.165) is 44.9 Å². The third-order valence-corrected chi connectivity index (χ3v) is 8.15. The second-order valence-electron chi connectivity index (χ2n) is 11.4. The lowest BCUT2D eigenvalue weighted by molar-refractivity contribution is -0.122. The van der Waals surface area contributed by atoms with E-state index in [0.29, 0.717) is 12.8 Å². The summed E-state index contributed by atoms with van der Waals surface area (Å²) in [6.07, 6.45) is 38.3. The van der Waals surface area contributed by atoms with Gasteiger partial charge in [-0.05, 0) is 38.5 Å². The quantitative estimate of drug-likeness (QED) is 0.0334. The number of unbranched alkanes of at least 4 members (excludes halogenated alkanes) is 10. The average Bonchev–Trinajstić information content (AvgIpc) is 3.02. The predicted molar refractivity (Wildman–Crippen MR) is 189 cm³/mol. The predicted octanol–water partition coefficient (Wildman–Crippen LogP) is 8.77. The fourth-order valence-electron chi connectivity index (χ4n) is 4.55. The van der Waals surface area contributed by atoms with Crippen LogP contribution in [0.15, 0.2) is 60.8 Å². The van der Waals surface area contributed by atoms with Crippen molar-refractivity contribution >= 4 is 13.7 Å². The Morgan fingerprint density at radius 3 is 1.69 bits per heavy atom. The van der Waals surface area contributed by atoms with E-state index < -0.39 is 20.0 Å². The average molecular weight is 653 g/mol. The van der Waals surface area contributed by atoms with Crippen LogP contribution in [-0.2, 0) is 18.4 Å². The summed E-state index contributed by atoms with van der Waals surface area (Å²) in [5.41, 5.74) is 5.34. The molecular weight excluding hydrogens is 587 g/mol. The number of carbonyl (C=O) groups excluding carboxylic acids is 1. The van der Waals surface area contributed by atoms with Crippen LogP contribution in [0.4, 0.5) is 0 Å². The number of carbonyl (C=O) groups is 1. The van der Waals surface area contributed by atoms with Gasteiger partial charge in [-0.25, -0.2) is 4.57 Å². The van der Waals surface area contributed by atoms with E-state index in [2.05, 4.69) is 67.8 Å². The topological polar surface area (TPSA) is 131 Å². The maximum Gasteiger partial charge on any atom is 0.472 e. The largest absolute Gasteiger partial charge is 0.472 e. The van der Waals surface area contributed by atoms with Gasteiger partial charge in [-0.2, -0.15) is 0 Å². The minimum atomic E-state index is -4.33. The molecule has 8 nitrogen and oxygen atoms in total. The van der Waals surface area contributed by atoms with Crippen molar-refractivity contribution in [1.29, 1.82) is 0 Å². The monoisotopic (exact) mass is 652 g/mol. The van der Waals surface area contributed by atoms with Gasteiger partial charge in [0.1, 0.15) is 0 Å². The van der Waals surface area contributed by atoms with Gasteiger partial charge in [-0.3, -0.25) is 13.8 Å². The first-order chi connectivity index (χ1) is 21.9. The van der Waals surface area contributed by atoms with Crippen molar-refractivity contribution in [1.82, 2.24) is 5.32 Å². The lowest BCUT2D eigenvalue weighted by Gasteiger charge is -2.25. The molecule has 1 amide bonds. The molecule has 0 heterocycles. The van der Waals surface area contributed by atoms with Crippen molar-refractivity contribution in [3.63, 3.8) is 0 Å². The van der Waals surface area contributed by atoms with Crippen molar-refractivity contribution in [3.05, 3.63) is 60.8 Å². The SMILES string of the molecule is CC/C=C\C/C=C\C/C=C\C/C=C\C/C=C\CC(=O)NC(COP(=O)(O)OCCN)C(O)CCCCCCCCCCCCC. The van der Waals surface area contributed by atoms with Crippen LogP contribution in [0.5, 0.6) is 0 Å². The molecule has 0 aliphatic carbocycles. The Bertz CT molecular complexity index is 887. The van der Waals surface area contributed by atoms with E-state index in [9.17, 15) is 19.4 Å². The molecule has 0 aromatic rings. The number of phosphoric acid groups is 1. The highest BCUT2D eigenvalue weighted by Gasteiger charge is 2.27. The minimum Gasteiger partial charge on any atom is -0.391 e. The first-order valence-electron chi connectivity index (χ1n) is 17.4. The van der Waals surface area contributed by atoms with E-state index >= 15 is 0 Å². The summed E-state index contributed by atoms with van der Waals surface area (Å²) in [6, 6.07) is -0.828. The second-order valence-corrected chi connectivity index (χ2v) is 12.8. The molecule has 0 saturated heterocycles. The molecule has 0 radical (unpaired) electrons. The van der Waals surface area contributed by atoms with Crippen molar-refractivity contribution < 1.29 is 28.4 Å². The maximum atomic E-state index is 12.6. The molecule has 45 heavy (non-hydrogen) atoms. The van der Waals surface area contributed by atoms with Gasteiger partial charge in [0.15, 0.2) is 0 Å². The second kappa shape index (κ2) is 32.2. The van der Waals surface area contributed by atoms with Crippen molar-refractivity contribution in [2.75, 3.05) is 19.8 Å². The van der Waals surface area contributed by atoms with Crippen LogP contribution in [-0.4, -0.2) is 47.8 Å². The number of nitrogens with two attached hydrogens (primary N) is 1. The van der Waals surface area contributed by atoms with E-state index in [1.54, 1.807) is 6.08 Å². The van der Waals surface area contributed by atoms with Gasteiger partial charge in [0, 0.05) is 13.0 Å². The standard InChI is InChI=1S/C36H65N2O6P/c1-3-5-7-9-11-13-15-16-17-18-20-22-24-26-28-30-36(40)38-34(33-44-45(41,42)43-32-31-37)35(39)29-27-25-23-21-19-14-12-10-8-6-4-2/h5,7,11,13,16-17,20,22,26,28,34-35,39H,3-4,6,8-10,12,14-15,18-19,21,23-25,27,29-33,37H2,1-2H3,(H,38,40)(H,41,42)/b7-5-,13-11-,17-16-,22-20-,28-26-. The van der Waals surface area contributed by atoms with Gasteiger partial charge in [0.2, 0.25) is 5.91 Å². The number of aliphatic hydroxyl groups is 1. The number of rotatable bonds is 31. The number of nitrogens with one attached hydrogen (secondary N) is 1. The maximum absolute atomic E-state index is 12.6. The van der Waals surface area contributed by atoms with Gasteiger partial charge in [0.25, 0.3) is 0 Å². The molecular formula is C36H65N2O6P. The number of hydrogen-bond acceptors (Lipinski definition) is 6. The molecule has 0 rings (SSSR count). The van der Waals surface area contributed by atoms with Crippen molar-refractivity contribution in [2.45, 2.75) is 142 Å². The Labute approximate surface area is 274 Å². The normalized spacial score (nSPS) is 15.2. The number of hydrogen-bond donors (Lipinski definition) is 4. The fourth-order valence-corrected chi connectivity index (χ4v) is 5.31. The van der Waals surface area contributed by atoms with Crippen LogP contribution < -0.4 is 11.1 Å². The lowest BCUT2D eigenvalue weighted by Crippen LogP contribution is -2.46. The van der Waals surface area contributed by atoms with E-state index in [4.69, 9.17) is 14.8 Å². The molecule has 0 saturated carbocycles. The van der Waals surface area contributed by atoms with Crippen LogP contribution in [0.3, 0.4) is 0 Å². The number of aliphatic hydroxyl groups excluding tert-OH is 1. The number of amides is 1. The Balaban J connectivity index is 4.49. The zero-order chi connectivity index (χ0) is 33.3. The molecule has 0 aliphatic heterocycles. The summed E-state index contributed by atoms with van der Waals surface area (Å²) in [5.74, 6) is -0.293. The number of phosphoric ester groups is 1. The first-order valence-corrected chi connectivity index (χ1v) is 18.9. The number of allylic oxidation sites excluding steroid dienone is 9. The highest BCUT2D eigenvalue weighted by molar-refractivity contribution is 7.47. The third-order valence-electron chi connectivity index (χ3n) is 7.16. The molecule has 0 aromatic heterocycles. The molecule has 0 aromatic carbocycles. The smallest absolute Gasteiger partial charge is 0.391 e. The zero-order valence-corrected chi connectivity index (χ0v) is 29.2. The summed E-state index contributed by atoms with van der Waals surface area (Å²) in [5, 5.41) is 13.6. The van der Waals surface area contributed by atoms with Crippen LogP contribution in [0.1, 0.15) is 129 Å². The van der Waals surface area contributed by atoms with Gasteiger partial charge < -0.3 is 21.1 Å². The van der Waals surface area contributed by atoms with E-state index in [1.807, 2.05) is 6.08 Å². The Morgan fingerprint density at radius 1 is 0.733 bits per heavy atom. The summed E-state index contributed by atoms with van der Waals surface area (Å²) in [6.45, 7) is 3.97. The molecule has 9 heteroatoms. The lowest BCUT2D eigenvalue weighted by atomic mass is 10.0. The zero-order valence-electron chi connectivity index (χ0n) is 28.3. The van der Waals surface area contributed by atoms with Crippen molar-refractivity contribution in [3.8, 4) is 0 Å². The minimum absolute atomic E-state index is 0.0722. The molecule has 3 unspecified atom stereocenters. The molecule has 0 bridgehead atoms. The van der Waals surface area contributed by atoms with Crippen LogP contribution in [0, 0.1) is 0 Å². The van der Waals surface area contributed by atoms with E-state index in [1.165, 1.54) is 51.4 Å². The summed E-state index contributed by atoms with van der Waals surface area (Å²) >= 11 is 0. The Morgan fingerprint density at radius 2 is 1.20 bits per heavy atom. The van der Waals surface area contributed by atoms with Gasteiger partial charge in [-0.15, -0.1) is 0 Å². The molecule has 0 spiro atoms. The Kier molecular flexibility index (Phi) is 30.9. The summed E-state index contributed by atoms with van der Waals surface area (Å²) < 4.78 is 22.0. The van der Waals surface area contributed by atoms with Gasteiger partial charge in [-0.1, -0.05) is 145 Å². The molecule has 260 valence electrons. The molecule has 3 atom stereocenters. The van der Waals surface area contributed by atoms with Gasteiger partial charge in [0.05, 0.1) is 25.4 Å². The molecule has 0 fully saturated rings. The van der Waals surface area contributed by atoms with Crippen LogP contribution in [0.2, 0.25) is 0 Å². The van der Waals surface area contributed by atoms with Crippen molar-refractivity contribution in [2.24, 2.45) is 5.73 Å². The van der Waals surface area contributed by atoms with Crippen LogP contribution >= 0.6 is 7.82 Å². The summed E-state index contributed by atoms with van der Waals surface area (Å²) in [4.78, 5) is 22.5. The molecule has 0 aliphatic rings. The van der Waals surface area contributed by atoms with Gasteiger partial charge >= 0.3 is 7.82 Å². The third kappa shape index (κ3) is 30.6. The summed E-state index contributed by atoms with van der Waals surface area (Å²) in [7, 11) is -4.33. The highest BCUT2D eigenvalue weighted by atomic mass is 31.2. The molecule has 5 N–H and O–H groups in total. The Hall–Kier alpha value is -1.80. The highest BCUT2D eigenvalue weighted by Crippen LogP contribution is 2.43.